The molecule has 0 atom stereocenters. The Hall–Kier alpha value is -2.97. The molecule has 3 N–H and O–H groups in total. The van der Waals surface area contributed by atoms with E-state index in [1.165, 1.54) is 0 Å². The third kappa shape index (κ3) is 1.74. The van der Waals surface area contributed by atoms with Gasteiger partial charge in [-0.1, -0.05) is 0 Å². The smallest absolute Gasteiger partial charge is 0.326 e. The minimum Gasteiger partial charge on any atom is -0.351 e. The van der Waals surface area contributed by atoms with Crippen molar-refractivity contribution in [1.82, 2.24) is 9.55 Å². The lowest BCUT2D eigenvalue weighted by atomic mass is 10.1. The van der Waals surface area contributed by atoms with Gasteiger partial charge in [0.15, 0.2) is 0 Å². The lowest BCUT2D eigenvalue weighted by Crippen LogP contribution is -2.42. The summed E-state index contributed by atoms with van der Waals surface area (Å²) in [6, 6.07) is -0.0370. The van der Waals surface area contributed by atoms with Crippen LogP contribution in [0.25, 0.3) is 11.0 Å². The predicted molar refractivity (Wildman–Crippen MR) is 72.5 cm³/mol. The predicted octanol–water partition coefficient (Wildman–Crippen LogP) is 0.0135. The van der Waals surface area contributed by atoms with Crippen LogP contribution in [0.4, 0.5) is 10.5 Å². The SMILES string of the molecule is NC(=O)n1c(=O)c(=O)[nH]c2c3c(c([N+](=O)[O-])cc21)CCC3. The molecule has 3 rings (SSSR count). The molecule has 0 bridgehead atoms. The maximum absolute atomic E-state index is 11.8. The lowest BCUT2D eigenvalue weighted by Gasteiger charge is -2.10. The van der Waals surface area contributed by atoms with Crippen LogP contribution in [0.3, 0.4) is 0 Å². The van der Waals surface area contributed by atoms with E-state index in [9.17, 15) is 24.5 Å². The maximum Gasteiger partial charge on any atom is 0.326 e. The van der Waals surface area contributed by atoms with Gasteiger partial charge in [0.1, 0.15) is 0 Å². The number of carbonyl (C=O) groups excluding carboxylic acids is 1. The van der Waals surface area contributed by atoms with E-state index < -0.39 is 22.1 Å². The molecule has 1 aliphatic rings. The van der Waals surface area contributed by atoms with Crippen LogP contribution in [0.1, 0.15) is 17.5 Å². The number of aromatic amines is 1. The highest BCUT2D eigenvalue weighted by Gasteiger charge is 2.27. The van der Waals surface area contributed by atoms with Crippen molar-refractivity contribution in [2.75, 3.05) is 0 Å². The normalized spacial score (nSPS) is 13.3. The number of primary amides is 1. The molecular weight excluding hydrogens is 280 g/mol. The molecule has 9 nitrogen and oxygen atoms in total. The number of hydrogen-bond acceptors (Lipinski definition) is 5. The minimum absolute atomic E-state index is 0.0422. The molecule has 1 heterocycles. The van der Waals surface area contributed by atoms with E-state index >= 15 is 0 Å². The number of fused-ring (bicyclic) bond motifs is 3. The molecule has 0 unspecified atom stereocenters. The number of aryl methyl sites for hydroxylation is 1. The van der Waals surface area contributed by atoms with Crippen molar-refractivity contribution < 1.29 is 9.72 Å². The van der Waals surface area contributed by atoms with E-state index in [0.717, 1.165) is 6.07 Å². The van der Waals surface area contributed by atoms with Crippen molar-refractivity contribution in [3.63, 3.8) is 0 Å². The van der Waals surface area contributed by atoms with Crippen LogP contribution in [0, 0.1) is 10.1 Å². The molecule has 1 aromatic heterocycles. The number of H-pyrrole nitrogens is 1. The zero-order valence-corrected chi connectivity index (χ0v) is 10.7. The third-order valence-corrected chi connectivity index (χ3v) is 3.65. The molecule has 0 spiro atoms. The number of nitrogens with zero attached hydrogens (tertiary/aromatic N) is 2. The number of rotatable bonds is 1. The second-order valence-electron chi connectivity index (χ2n) is 4.79. The molecule has 0 saturated heterocycles. The van der Waals surface area contributed by atoms with E-state index in [1.807, 2.05) is 0 Å². The first-order valence-electron chi connectivity index (χ1n) is 6.20. The Balaban J connectivity index is 2.59. The molecule has 2 aromatic rings. The van der Waals surface area contributed by atoms with E-state index in [1.54, 1.807) is 0 Å². The lowest BCUT2D eigenvalue weighted by molar-refractivity contribution is -0.385. The van der Waals surface area contributed by atoms with Crippen LogP contribution >= 0.6 is 0 Å². The Morgan fingerprint density at radius 3 is 2.62 bits per heavy atom. The van der Waals surface area contributed by atoms with Gasteiger partial charge >= 0.3 is 17.1 Å². The monoisotopic (exact) mass is 290 g/mol. The number of hydrogen-bond donors (Lipinski definition) is 2. The summed E-state index contributed by atoms with van der Waals surface area (Å²) in [5, 5.41) is 11.2. The standard InChI is InChI=1S/C12H10N4O5/c13-12(19)15-8-4-7(16(20)21)5-2-1-3-6(5)9(8)14-10(17)11(15)18/h4H,1-3H2,(H2,13,19)(H,14,17). The van der Waals surface area contributed by atoms with E-state index in [4.69, 9.17) is 5.73 Å². The van der Waals surface area contributed by atoms with E-state index in [2.05, 4.69) is 4.98 Å². The Kier molecular flexibility index (Phi) is 2.65. The summed E-state index contributed by atoms with van der Waals surface area (Å²) >= 11 is 0. The number of aromatic nitrogens is 2. The van der Waals surface area contributed by atoms with Gasteiger partial charge < -0.3 is 10.7 Å². The fourth-order valence-corrected chi connectivity index (χ4v) is 2.82. The molecule has 0 fully saturated rings. The van der Waals surface area contributed by atoms with Crippen molar-refractivity contribution >= 4 is 22.8 Å². The Morgan fingerprint density at radius 2 is 2.00 bits per heavy atom. The zero-order valence-electron chi connectivity index (χ0n) is 10.7. The van der Waals surface area contributed by atoms with Crippen molar-refractivity contribution in [1.29, 1.82) is 0 Å². The summed E-state index contributed by atoms with van der Waals surface area (Å²) in [4.78, 5) is 47.8. The van der Waals surface area contributed by atoms with Crippen LogP contribution in [-0.2, 0) is 12.8 Å². The molecule has 1 amide bonds. The van der Waals surface area contributed by atoms with Gasteiger partial charge in [0, 0.05) is 11.6 Å². The van der Waals surface area contributed by atoms with Gasteiger partial charge in [0.2, 0.25) is 0 Å². The van der Waals surface area contributed by atoms with Gasteiger partial charge in [-0.2, -0.15) is 0 Å². The zero-order chi connectivity index (χ0) is 15.3. The van der Waals surface area contributed by atoms with Gasteiger partial charge in [0.25, 0.3) is 5.69 Å². The summed E-state index contributed by atoms with van der Waals surface area (Å²) in [6.07, 6.45) is 1.74. The van der Waals surface area contributed by atoms with E-state index in [0.29, 0.717) is 35.0 Å². The first kappa shape index (κ1) is 13.0. The summed E-state index contributed by atoms with van der Waals surface area (Å²) in [7, 11) is 0. The molecular formula is C12H10N4O5. The first-order valence-corrected chi connectivity index (χ1v) is 6.20. The summed E-state index contributed by atoms with van der Waals surface area (Å²) in [5.74, 6) is 0. The Morgan fingerprint density at radius 1 is 1.33 bits per heavy atom. The second kappa shape index (κ2) is 4.27. The largest absolute Gasteiger partial charge is 0.351 e. The van der Waals surface area contributed by atoms with Gasteiger partial charge in [-0.3, -0.25) is 19.7 Å². The number of amides is 1. The highest BCUT2D eigenvalue weighted by molar-refractivity contribution is 5.91. The topological polar surface area (TPSA) is 141 Å². The molecule has 108 valence electrons. The average Bonchev–Trinajstić information content (AvgIpc) is 2.88. The summed E-state index contributed by atoms with van der Waals surface area (Å²) in [6.45, 7) is 0. The molecule has 0 aliphatic heterocycles. The van der Waals surface area contributed by atoms with Crippen LogP contribution in [0.5, 0.6) is 0 Å². The summed E-state index contributed by atoms with van der Waals surface area (Å²) in [5.41, 5.74) is 4.15. The second-order valence-corrected chi connectivity index (χ2v) is 4.79. The molecule has 9 heteroatoms. The van der Waals surface area contributed by atoms with Crippen LogP contribution < -0.4 is 16.9 Å². The number of carbonyl (C=O) groups is 1. The van der Waals surface area contributed by atoms with Crippen LogP contribution in [-0.4, -0.2) is 20.5 Å². The number of nitro benzene ring substituents is 1. The molecule has 1 aromatic carbocycles. The minimum atomic E-state index is -1.15. The van der Waals surface area contributed by atoms with Crippen LogP contribution in [0.15, 0.2) is 15.7 Å². The van der Waals surface area contributed by atoms with Gasteiger partial charge in [-0.05, 0) is 24.8 Å². The van der Waals surface area contributed by atoms with Gasteiger partial charge in [-0.25, -0.2) is 9.36 Å². The number of nitro groups is 1. The fraction of sp³-hybridized carbons (Fsp3) is 0.250. The fourth-order valence-electron chi connectivity index (χ4n) is 2.82. The van der Waals surface area contributed by atoms with Crippen LogP contribution in [0.2, 0.25) is 0 Å². The van der Waals surface area contributed by atoms with Gasteiger partial charge in [0.05, 0.1) is 16.0 Å². The highest BCUT2D eigenvalue weighted by Crippen LogP contribution is 2.35. The number of nitrogens with one attached hydrogen (secondary N) is 1. The van der Waals surface area contributed by atoms with Crippen molar-refractivity contribution in [3.05, 3.63) is 48.0 Å². The van der Waals surface area contributed by atoms with E-state index in [-0.39, 0.29) is 16.7 Å². The highest BCUT2D eigenvalue weighted by atomic mass is 16.6. The van der Waals surface area contributed by atoms with Crippen molar-refractivity contribution in [3.8, 4) is 0 Å². The number of nitrogens with two attached hydrogens (primary N) is 1. The number of benzene rings is 1. The molecule has 1 aliphatic carbocycles. The van der Waals surface area contributed by atoms with Crippen molar-refractivity contribution in [2.24, 2.45) is 5.73 Å². The molecule has 0 saturated carbocycles. The first-order chi connectivity index (χ1) is 9.91. The Bertz CT molecular complexity index is 924. The molecule has 21 heavy (non-hydrogen) atoms. The third-order valence-electron chi connectivity index (χ3n) is 3.65. The maximum atomic E-state index is 11.8. The molecule has 0 radical (unpaired) electrons. The van der Waals surface area contributed by atoms with Gasteiger partial charge in [-0.15, -0.1) is 0 Å². The van der Waals surface area contributed by atoms with Crippen molar-refractivity contribution in [2.45, 2.75) is 19.3 Å². The summed E-state index contributed by atoms with van der Waals surface area (Å²) < 4.78 is 0.472. The quantitative estimate of drug-likeness (QED) is 0.432. The Labute approximate surface area is 116 Å². The average molecular weight is 290 g/mol.